The zero-order chi connectivity index (χ0) is 15.1. The molecule has 21 heavy (non-hydrogen) atoms. The minimum absolute atomic E-state index is 0.0390. The highest BCUT2D eigenvalue weighted by Crippen LogP contribution is 2.10. The normalized spacial score (nSPS) is 9.95. The van der Waals surface area contributed by atoms with Gasteiger partial charge in [0.2, 0.25) is 5.91 Å². The number of amides is 1. The van der Waals surface area contributed by atoms with Gasteiger partial charge in [-0.25, -0.2) is 0 Å². The molecule has 4 nitrogen and oxygen atoms in total. The van der Waals surface area contributed by atoms with Gasteiger partial charge in [-0.05, 0) is 35.5 Å². The molecule has 0 saturated carbocycles. The second kappa shape index (κ2) is 7.52. The molecule has 2 rings (SSSR count). The summed E-state index contributed by atoms with van der Waals surface area (Å²) in [5.74, 6) is -0.169. The number of rotatable bonds is 4. The molecule has 0 aliphatic heterocycles. The Labute approximate surface area is 128 Å². The Hall–Kier alpha value is -2.24. The van der Waals surface area contributed by atoms with Crippen molar-refractivity contribution in [3.05, 3.63) is 65.7 Å². The third-order valence-corrected chi connectivity index (χ3v) is 3.03. The van der Waals surface area contributed by atoms with Crippen LogP contribution >= 0.6 is 12.2 Å². The maximum Gasteiger partial charge on any atom is 0.230 e. The van der Waals surface area contributed by atoms with Gasteiger partial charge in [0.15, 0.2) is 5.11 Å². The minimum atomic E-state index is -0.169. The molecule has 2 aromatic carbocycles. The lowest BCUT2D eigenvalue weighted by Crippen LogP contribution is -2.35. The molecule has 0 aliphatic carbocycles. The van der Waals surface area contributed by atoms with Crippen molar-refractivity contribution in [2.75, 3.05) is 5.32 Å². The van der Waals surface area contributed by atoms with Crippen LogP contribution in [0.5, 0.6) is 0 Å². The first-order valence-corrected chi connectivity index (χ1v) is 6.93. The fourth-order valence-electron chi connectivity index (χ4n) is 1.86. The fraction of sp³-hybridized carbons (Fsp3) is 0.125. The first-order valence-electron chi connectivity index (χ1n) is 6.52. The number of aliphatic hydroxyl groups is 1. The smallest absolute Gasteiger partial charge is 0.230 e. The van der Waals surface area contributed by atoms with E-state index < -0.39 is 0 Å². The van der Waals surface area contributed by atoms with Crippen molar-refractivity contribution < 1.29 is 9.90 Å². The lowest BCUT2D eigenvalue weighted by Gasteiger charge is -2.10. The molecular formula is C16H16N2O2S. The van der Waals surface area contributed by atoms with Gasteiger partial charge in [0.1, 0.15) is 0 Å². The van der Waals surface area contributed by atoms with Gasteiger partial charge >= 0.3 is 0 Å². The van der Waals surface area contributed by atoms with Crippen molar-refractivity contribution in [1.29, 1.82) is 0 Å². The van der Waals surface area contributed by atoms with E-state index in [9.17, 15) is 4.79 Å². The van der Waals surface area contributed by atoms with E-state index in [1.165, 1.54) is 0 Å². The topological polar surface area (TPSA) is 61.4 Å². The van der Waals surface area contributed by atoms with Crippen LogP contribution in [-0.4, -0.2) is 16.1 Å². The molecule has 0 aliphatic rings. The van der Waals surface area contributed by atoms with E-state index in [2.05, 4.69) is 10.6 Å². The Bertz CT molecular complexity index is 629. The van der Waals surface area contributed by atoms with E-state index in [0.717, 1.165) is 16.8 Å². The van der Waals surface area contributed by atoms with E-state index in [1.54, 1.807) is 6.07 Å². The van der Waals surface area contributed by atoms with Crippen LogP contribution in [-0.2, 0) is 17.8 Å². The highest BCUT2D eigenvalue weighted by molar-refractivity contribution is 7.80. The van der Waals surface area contributed by atoms with Crippen LogP contribution in [0.4, 0.5) is 5.69 Å². The molecule has 0 fully saturated rings. The van der Waals surface area contributed by atoms with Crippen LogP contribution in [0.1, 0.15) is 11.1 Å². The number of nitrogens with one attached hydrogen (secondary N) is 2. The molecule has 0 saturated heterocycles. The Kier molecular flexibility index (Phi) is 5.43. The van der Waals surface area contributed by atoms with E-state index in [0.29, 0.717) is 0 Å². The van der Waals surface area contributed by atoms with Gasteiger partial charge in [0.25, 0.3) is 0 Å². The Morgan fingerprint density at radius 2 is 1.76 bits per heavy atom. The zero-order valence-corrected chi connectivity index (χ0v) is 12.2. The summed E-state index contributed by atoms with van der Waals surface area (Å²) in [6.07, 6.45) is 0.277. The number of carbonyl (C=O) groups excluding carboxylic acids is 1. The third kappa shape index (κ3) is 4.98. The molecule has 0 spiro atoms. The summed E-state index contributed by atoms with van der Waals surface area (Å²) in [7, 11) is 0. The molecule has 5 heteroatoms. The Balaban J connectivity index is 1.87. The lowest BCUT2D eigenvalue weighted by atomic mass is 10.1. The highest BCUT2D eigenvalue weighted by atomic mass is 32.1. The standard InChI is InChI=1S/C16H16N2O2S/c19-11-13-7-4-8-14(9-13)17-16(21)18-15(20)10-12-5-2-1-3-6-12/h1-9,19H,10-11H2,(H2,17,18,20,21). The molecule has 0 unspecified atom stereocenters. The SMILES string of the molecule is O=C(Cc1ccccc1)NC(=S)Nc1cccc(CO)c1. The quantitative estimate of drug-likeness (QED) is 0.758. The number of carbonyl (C=O) groups is 1. The van der Waals surface area contributed by atoms with Crippen molar-refractivity contribution in [2.24, 2.45) is 0 Å². The molecule has 0 bridgehead atoms. The van der Waals surface area contributed by atoms with Crippen molar-refractivity contribution in [2.45, 2.75) is 13.0 Å². The van der Waals surface area contributed by atoms with E-state index in [1.807, 2.05) is 48.5 Å². The molecule has 108 valence electrons. The molecule has 2 aromatic rings. The van der Waals surface area contributed by atoms with Crippen molar-refractivity contribution in [1.82, 2.24) is 5.32 Å². The van der Waals surface area contributed by atoms with Gasteiger partial charge < -0.3 is 15.7 Å². The minimum Gasteiger partial charge on any atom is -0.392 e. The predicted octanol–water partition coefficient (Wildman–Crippen LogP) is 2.23. The predicted molar refractivity (Wildman–Crippen MR) is 86.9 cm³/mol. The maximum atomic E-state index is 11.9. The summed E-state index contributed by atoms with van der Waals surface area (Å²) in [6, 6.07) is 16.7. The first kappa shape index (κ1) is 15.2. The number of aliphatic hydroxyl groups excluding tert-OH is 1. The Morgan fingerprint density at radius 3 is 2.48 bits per heavy atom. The molecular weight excluding hydrogens is 284 g/mol. The molecule has 0 aromatic heterocycles. The van der Waals surface area contributed by atoms with Crippen LogP contribution in [0.25, 0.3) is 0 Å². The van der Waals surface area contributed by atoms with Crippen LogP contribution in [0.15, 0.2) is 54.6 Å². The fourth-order valence-corrected chi connectivity index (χ4v) is 2.09. The lowest BCUT2D eigenvalue weighted by molar-refractivity contribution is -0.119. The number of benzene rings is 2. The summed E-state index contributed by atoms with van der Waals surface area (Å²) >= 11 is 5.10. The van der Waals surface area contributed by atoms with Gasteiger partial charge in [-0.1, -0.05) is 42.5 Å². The second-order valence-electron chi connectivity index (χ2n) is 4.52. The molecule has 3 N–H and O–H groups in total. The summed E-state index contributed by atoms with van der Waals surface area (Å²) in [6.45, 7) is -0.0390. The van der Waals surface area contributed by atoms with Crippen LogP contribution in [0, 0.1) is 0 Å². The number of hydrogen-bond donors (Lipinski definition) is 3. The number of thiocarbonyl (C=S) groups is 1. The Morgan fingerprint density at radius 1 is 1.05 bits per heavy atom. The van der Waals surface area contributed by atoms with Crippen molar-refractivity contribution in [3.8, 4) is 0 Å². The summed E-state index contributed by atoms with van der Waals surface area (Å²) in [5.41, 5.74) is 2.44. The first-order chi connectivity index (χ1) is 10.2. The van der Waals surface area contributed by atoms with Crippen LogP contribution in [0.2, 0.25) is 0 Å². The molecule has 1 amide bonds. The monoisotopic (exact) mass is 300 g/mol. The average molecular weight is 300 g/mol. The van der Waals surface area contributed by atoms with Gasteiger partial charge in [-0.15, -0.1) is 0 Å². The van der Waals surface area contributed by atoms with Gasteiger partial charge in [0, 0.05) is 5.69 Å². The van der Waals surface area contributed by atoms with Crippen LogP contribution in [0.3, 0.4) is 0 Å². The third-order valence-electron chi connectivity index (χ3n) is 2.83. The summed E-state index contributed by atoms with van der Waals surface area (Å²) in [4.78, 5) is 11.9. The van der Waals surface area contributed by atoms with Crippen molar-refractivity contribution in [3.63, 3.8) is 0 Å². The summed E-state index contributed by atoms with van der Waals surface area (Å²) < 4.78 is 0. The molecule has 0 heterocycles. The second-order valence-corrected chi connectivity index (χ2v) is 4.93. The largest absolute Gasteiger partial charge is 0.392 e. The van der Waals surface area contributed by atoms with E-state index in [4.69, 9.17) is 17.3 Å². The summed E-state index contributed by atoms with van der Waals surface area (Å²) in [5, 5.41) is 14.9. The maximum absolute atomic E-state index is 11.9. The average Bonchev–Trinajstić information content (AvgIpc) is 2.48. The molecule has 0 radical (unpaired) electrons. The molecule has 0 atom stereocenters. The van der Waals surface area contributed by atoms with E-state index in [-0.39, 0.29) is 24.0 Å². The number of anilines is 1. The van der Waals surface area contributed by atoms with Gasteiger partial charge in [-0.3, -0.25) is 4.79 Å². The van der Waals surface area contributed by atoms with Gasteiger partial charge in [0.05, 0.1) is 13.0 Å². The van der Waals surface area contributed by atoms with Gasteiger partial charge in [-0.2, -0.15) is 0 Å². The van der Waals surface area contributed by atoms with Crippen LogP contribution < -0.4 is 10.6 Å². The highest BCUT2D eigenvalue weighted by Gasteiger charge is 2.06. The zero-order valence-electron chi connectivity index (χ0n) is 11.4. The van der Waals surface area contributed by atoms with Crippen molar-refractivity contribution >= 4 is 28.9 Å². The number of hydrogen-bond acceptors (Lipinski definition) is 3. The van der Waals surface area contributed by atoms with E-state index >= 15 is 0 Å².